The molecular formula is C20H21N3O2. The summed E-state index contributed by atoms with van der Waals surface area (Å²) in [6.45, 7) is 2.71. The molecule has 128 valence electrons. The molecule has 1 aromatic heterocycles. The molecular weight excluding hydrogens is 314 g/mol. The first kappa shape index (κ1) is 16.9. The first-order valence-electron chi connectivity index (χ1n) is 8.52. The van der Waals surface area contributed by atoms with Gasteiger partial charge >= 0.3 is 0 Å². The smallest absolute Gasteiger partial charge is 0.258 e. The minimum atomic E-state index is -0.223. The van der Waals surface area contributed by atoms with Crippen LogP contribution in [0.1, 0.15) is 25.6 Å². The summed E-state index contributed by atoms with van der Waals surface area (Å²) in [5.74, 6) is 0.260. The fourth-order valence-corrected chi connectivity index (χ4v) is 2.70. The number of fused-ring (bicyclic) bond motifs is 1. The third-order valence-corrected chi connectivity index (χ3v) is 4.04. The molecule has 5 heteroatoms. The van der Waals surface area contributed by atoms with E-state index in [1.54, 1.807) is 0 Å². The highest BCUT2D eigenvalue weighted by atomic mass is 16.1. The summed E-state index contributed by atoms with van der Waals surface area (Å²) in [5.41, 5.74) is 2.38. The van der Waals surface area contributed by atoms with Gasteiger partial charge in [-0.15, -0.1) is 0 Å². The van der Waals surface area contributed by atoms with Crippen molar-refractivity contribution >= 4 is 16.8 Å². The molecule has 0 radical (unpaired) electrons. The minimum absolute atomic E-state index is 0.0787. The van der Waals surface area contributed by atoms with Gasteiger partial charge in [0.05, 0.1) is 17.3 Å². The van der Waals surface area contributed by atoms with Crippen molar-refractivity contribution in [3.63, 3.8) is 0 Å². The summed E-state index contributed by atoms with van der Waals surface area (Å²) >= 11 is 0. The van der Waals surface area contributed by atoms with Crippen LogP contribution in [0.15, 0.2) is 53.3 Å². The van der Waals surface area contributed by atoms with Crippen molar-refractivity contribution in [2.45, 2.75) is 26.2 Å². The van der Waals surface area contributed by atoms with Gasteiger partial charge in [-0.2, -0.15) is 0 Å². The molecule has 1 amide bonds. The van der Waals surface area contributed by atoms with Gasteiger partial charge in [-0.3, -0.25) is 9.59 Å². The number of rotatable bonds is 6. The van der Waals surface area contributed by atoms with Crippen LogP contribution >= 0.6 is 0 Å². The van der Waals surface area contributed by atoms with E-state index in [2.05, 4.69) is 22.2 Å². The summed E-state index contributed by atoms with van der Waals surface area (Å²) in [7, 11) is 0. The maximum absolute atomic E-state index is 12.4. The van der Waals surface area contributed by atoms with E-state index in [-0.39, 0.29) is 17.9 Å². The van der Waals surface area contributed by atoms with Gasteiger partial charge < -0.3 is 10.3 Å². The molecule has 0 atom stereocenters. The molecule has 0 fully saturated rings. The van der Waals surface area contributed by atoms with Crippen molar-refractivity contribution in [3.8, 4) is 11.1 Å². The van der Waals surface area contributed by atoms with E-state index in [4.69, 9.17) is 0 Å². The SMILES string of the molecule is CCCCNC(=O)Cc1nc2ccc(-c3ccccc3)cc2c(=O)[nH]1. The standard InChI is InChI=1S/C20H21N3O2/c1-2-3-11-21-19(24)13-18-22-17-10-9-15(12-16(17)20(25)23-18)14-7-5-4-6-8-14/h4-10,12H,2-3,11,13H2,1H3,(H,21,24)(H,22,23,25). The molecule has 2 N–H and O–H groups in total. The Hall–Kier alpha value is -2.95. The summed E-state index contributed by atoms with van der Waals surface area (Å²) in [6.07, 6.45) is 2.04. The summed E-state index contributed by atoms with van der Waals surface area (Å²) in [6, 6.07) is 15.5. The number of nitrogens with one attached hydrogen (secondary N) is 2. The van der Waals surface area contributed by atoms with E-state index < -0.39 is 0 Å². The zero-order chi connectivity index (χ0) is 17.6. The average molecular weight is 335 g/mol. The highest BCUT2D eigenvalue weighted by molar-refractivity contribution is 5.84. The fraction of sp³-hybridized carbons (Fsp3) is 0.250. The number of carbonyl (C=O) groups is 1. The number of nitrogens with zero attached hydrogens (tertiary/aromatic N) is 1. The lowest BCUT2D eigenvalue weighted by Crippen LogP contribution is -2.27. The van der Waals surface area contributed by atoms with Crippen molar-refractivity contribution in [2.24, 2.45) is 0 Å². The van der Waals surface area contributed by atoms with Crippen molar-refractivity contribution in [3.05, 3.63) is 64.7 Å². The van der Waals surface area contributed by atoms with E-state index in [1.807, 2.05) is 48.5 Å². The molecule has 25 heavy (non-hydrogen) atoms. The second-order valence-electron chi connectivity index (χ2n) is 5.99. The predicted octanol–water partition coefficient (Wildman–Crippen LogP) is 3.05. The van der Waals surface area contributed by atoms with Gasteiger partial charge in [0.15, 0.2) is 0 Å². The predicted molar refractivity (Wildman–Crippen MR) is 99.4 cm³/mol. The van der Waals surface area contributed by atoms with E-state index in [0.29, 0.717) is 23.3 Å². The van der Waals surface area contributed by atoms with Crippen LogP contribution in [-0.4, -0.2) is 22.4 Å². The number of aromatic nitrogens is 2. The Balaban J connectivity index is 1.85. The fourth-order valence-electron chi connectivity index (χ4n) is 2.70. The van der Waals surface area contributed by atoms with Gasteiger partial charge in [-0.05, 0) is 29.7 Å². The second-order valence-corrected chi connectivity index (χ2v) is 5.99. The molecule has 0 saturated heterocycles. The van der Waals surface area contributed by atoms with Crippen LogP contribution in [0.25, 0.3) is 22.0 Å². The molecule has 1 heterocycles. The van der Waals surface area contributed by atoms with Crippen LogP contribution in [0.3, 0.4) is 0 Å². The first-order valence-corrected chi connectivity index (χ1v) is 8.52. The first-order chi connectivity index (χ1) is 12.2. The number of carbonyl (C=O) groups excluding carboxylic acids is 1. The summed E-state index contributed by atoms with van der Waals surface area (Å²) < 4.78 is 0. The zero-order valence-corrected chi connectivity index (χ0v) is 14.2. The van der Waals surface area contributed by atoms with E-state index in [1.165, 1.54) is 0 Å². The Morgan fingerprint density at radius 2 is 1.92 bits per heavy atom. The molecule has 0 spiro atoms. The molecule has 0 aliphatic carbocycles. The molecule has 0 unspecified atom stereocenters. The molecule has 0 aliphatic rings. The molecule has 2 aromatic carbocycles. The Kier molecular flexibility index (Phi) is 5.23. The number of H-pyrrole nitrogens is 1. The van der Waals surface area contributed by atoms with Gasteiger partial charge in [0.1, 0.15) is 5.82 Å². The molecule has 5 nitrogen and oxygen atoms in total. The number of hydrogen-bond donors (Lipinski definition) is 2. The number of benzene rings is 2. The summed E-state index contributed by atoms with van der Waals surface area (Å²) in [4.78, 5) is 31.4. The molecule has 3 aromatic rings. The van der Waals surface area contributed by atoms with Gasteiger partial charge in [0, 0.05) is 6.54 Å². The Morgan fingerprint density at radius 3 is 2.68 bits per heavy atom. The van der Waals surface area contributed by atoms with Crippen molar-refractivity contribution < 1.29 is 4.79 Å². The summed E-state index contributed by atoms with van der Waals surface area (Å²) in [5, 5.41) is 3.35. The molecule has 0 saturated carbocycles. The van der Waals surface area contributed by atoms with Crippen LogP contribution in [0, 0.1) is 0 Å². The van der Waals surface area contributed by atoms with Crippen LogP contribution in [0.2, 0.25) is 0 Å². The monoisotopic (exact) mass is 335 g/mol. The number of amides is 1. The number of hydrogen-bond acceptors (Lipinski definition) is 3. The topological polar surface area (TPSA) is 74.8 Å². The normalized spacial score (nSPS) is 10.8. The van der Waals surface area contributed by atoms with Crippen molar-refractivity contribution in [1.29, 1.82) is 0 Å². The number of unbranched alkanes of at least 4 members (excludes halogenated alkanes) is 1. The van der Waals surface area contributed by atoms with Gasteiger partial charge in [-0.25, -0.2) is 4.98 Å². The lowest BCUT2D eigenvalue weighted by atomic mass is 10.0. The van der Waals surface area contributed by atoms with Crippen LogP contribution in [0.4, 0.5) is 0 Å². The Morgan fingerprint density at radius 1 is 1.12 bits per heavy atom. The second kappa shape index (κ2) is 7.75. The third-order valence-electron chi connectivity index (χ3n) is 4.04. The molecule has 0 bridgehead atoms. The quantitative estimate of drug-likeness (QED) is 0.680. The van der Waals surface area contributed by atoms with Crippen LogP contribution < -0.4 is 10.9 Å². The molecule has 3 rings (SSSR count). The highest BCUT2D eigenvalue weighted by Crippen LogP contribution is 2.21. The average Bonchev–Trinajstić information content (AvgIpc) is 2.62. The lowest BCUT2D eigenvalue weighted by molar-refractivity contribution is -0.120. The van der Waals surface area contributed by atoms with Gasteiger partial charge in [0.2, 0.25) is 5.91 Å². The highest BCUT2D eigenvalue weighted by Gasteiger charge is 2.09. The number of aromatic amines is 1. The maximum atomic E-state index is 12.4. The van der Waals surface area contributed by atoms with Crippen molar-refractivity contribution in [1.82, 2.24) is 15.3 Å². The zero-order valence-electron chi connectivity index (χ0n) is 14.2. The van der Waals surface area contributed by atoms with Gasteiger partial charge in [0.25, 0.3) is 5.56 Å². The Labute approximate surface area is 146 Å². The maximum Gasteiger partial charge on any atom is 0.258 e. The lowest BCUT2D eigenvalue weighted by Gasteiger charge is -2.06. The van der Waals surface area contributed by atoms with E-state index >= 15 is 0 Å². The van der Waals surface area contributed by atoms with Crippen molar-refractivity contribution in [2.75, 3.05) is 6.54 Å². The van der Waals surface area contributed by atoms with E-state index in [0.717, 1.165) is 24.0 Å². The van der Waals surface area contributed by atoms with Crippen LogP contribution in [0.5, 0.6) is 0 Å². The minimum Gasteiger partial charge on any atom is -0.356 e. The largest absolute Gasteiger partial charge is 0.356 e. The molecule has 0 aliphatic heterocycles. The van der Waals surface area contributed by atoms with Crippen LogP contribution in [-0.2, 0) is 11.2 Å². The Bertz CT molecular complexity index is 933. The van der Waals surface area contributed by atoms with E-state index in [9.17, 15) is 9.59 Å². The third kappa shape index (κ3) is 4.12. The van der Waals surface area contributed by atoms with Gasteiger partial charge in [-0.1, -0.05) is 49.7 Å².